The van der Waals surface area contributed by atoms with Crippen molar-refractivity contribution in [1.29, 1.82) is 0 Å². The van der Waals surface area contributed by atoms with E-state index in [2.05, 4.69) is 81.8 Å². The quantitative estimate of drug-likeness (QED) is 0.150. The zero-order chi connectivity index (χ0) is 29.4. The summed E-state index contributed by atoms with van der Waals surface area (Å²) in [7, 11) is 0. The number of carbonyl (C=O) groups is 2. The molecule has 216 valence electrons. The Balaban J connectivity index is 1.24. The lowest BCUT2D eigenvalue weighted by atomic mass is 9.86. The Kier molecular flexibility index (Phi) is 10.5. The number of hydrogen-bond donors (Lipinski definition) is 1. The van der Waals surface area contributed by atoms with Crippen molar-refractivity contribution in [3.8, 4) is 11.8 Å². The number of benzene rings is 2. The first kappa shape index (κ1) is 30.2. The molecule has 0 bridgehead atoms. The second-order valence-corrected chi connectivity index (χ2v) is 12.2. The lowest BCUT2D eigenvalue weighted by Crippen LogP contribution is -2.18. The molecule has 41 heavy (non-hydrogen) atoms. The molecule has 1 fully saturated rings. The Morgan fingerprint density at radius 3 is 2.41 bits per heavy atom. The molecular weight excluding hydrogens is 510 g/mol. The molecule has 1 aliphatic heterocycles. The SMILES string of the molecule is Cc1ccc(C#Cc2ccc3[nH]c(CCC(=O)OCC4C/C(=C\CC(CC(C)C)CC(C)C)C(=O)O4)cc3c2)cc1. The number of aryl methyl sites for hydroxylation is 2. The summed E-state index contributed by atoms with van der Waals surface area (Å²) < 4.78 is 11.0. The van der Waals surface area contributed by atoms with Gasteiger partial charge in [0.05, 0.1) is 6.42 Å². The first-order valence-electron chi connectivity index (χ1n) is 14.9. The summed E-state index contributed by atoms with van der Waals surface area (Å²) in [6, 6.07) is 16.3. The topological polar surface area (TPSA) is 68.4 Å². The van der Waals surface area contributed by atoms with Gasteiger partial charge in [0, 0.05) is 39.7 Å². The Morgan fingerprint density at radius 2 is 1.71 bits per heavy atom. The van der Waals surface area contributed by atoms with Gasteiger partial charge in [0.1, 0.15) is 12.7 Å². The van der Waals surface area contributed by atoms with Gasteiger partial charge in [0.2, 0.25) is 0 Å². The monoisotopic (exact) mass is 553 g/mol. The largest absolute Gasteiger partial charge is 0.462 e. The second-order valence-electron chi connectivity index (χ2n) is 12.2. The molecule has 1 N–H and O–H groups in total. The molecule has 0 radical (unpaired) electrons. The number of cyclic esters (lactones) is 1. The second kappa shape index (κ2) is 14.2. The van der Waals surface area contributed by atoms with Gasteiger partial charge in [-0.25, -0.2) is 4.79 Å². The van der Waals surface area contributed by atoms with Crippen molar-refractivity contribution in [2.24, 2.45) is 17.8 Å². The molecule has 0 saturated carbocycles. The van der Waals surface area contributed by atoms with E-state index in [1.54, 1.807) is 0 Å². The highest BCUT2D eigenvalue weighted by Gasteiger charge is 2.30. The average Bonchev–Trinajstić information content (AvgIpc) is 3.50. The predicted molar refractivity (Wildman–Crippen MR) is 164 cm³/mol. The number of esters is 2. The smallest absolute Gasteiger partial charge is 0.334 e. The fourth-order valence-corrected chi connectivity index (χ4v) is 5.47. The van der Waals surface area contributed by atoms with E-state index in [1.807, 2.05) is 24.3 Å². The van der Waals surface area contributed by atoms with Gasteiger partial charge < -0.3 is 14.5 Å². The number of allylic oxidation sites excluding steroid dienone is 1. The van der Waals surface area contributed by atoms with Crippen LogP contribution in [-0.4, -0.2) is 29.6 Å². The van der Waals surface area contributed by atoms with Crippen LogP contribution in [0.25, 0.3) is 10.9 Å². The molecule has 5 heteroatoms. The molecule has 0 aliphatic carbocycles. The van der Waals surface area contributed by atoms with Crippen LogP contribution in [0.15, 0.2) is 60.2 Å². The Bertz CT molecular complexity index is 1420. The minimum Gasteiger partial charge on any atom is -0.462 e. The van der Waals surface area contributed by atoms with E-state index in [9.17, 15) is 9.59 Å². The van der Waals surface area contributed by atoms with Crippen molar-refractivity contribution in [2.75, 3.05) is 6.61 Å². The average molecular weight is 554 g/mol. The number of aromatic amines is 1. The standard InChI is InChI=1S/C36H43NO4/c1-24(2)18-29(19-25(3)4)12-14-30-22-33(41-36(30)39)23-40-35(38)17-15-32-21-31-20-28(13-16-34(31)37-32)11-10-27-8-6-26(5)7-9-27/h6-9,13-14,16,20-21,24-25,29,33,37H,12,15,17-19,22-23H2,1-5H3/b30-14+. The Labute approximate surface area is 244 Å². The van der Waals surface area contributed by atoms with Gasteiger partial charge in [-0.2, -0.15) is 0 Å². The third kappa shape index (κ3) is 9.39. The summed E-state index contributed by atoms with van der Waals surface area (Å²) in [4.78, 5) is 28.2. The zero-order valence-electron chi connectivity index (χ0n) is 25.1. The Morgan fingerprint density at radius 1 is 1.02 bits per heavy atom. The van der Waals surface area contributed by atoms with Crippen molar-refractivity contribution in [3.05, 3.63) is 82.6 Å². The molecule has 4 rings (SSSR count). The maximum Gasteiger partial charge on any atom is 0.334 e. The summed E-state index contributed by atoms with van der Waals surface area (Å²) in [5.74, 6) is 7.69. The van der Waals surface area contributed by atoms with E-state index in [0.29, 0.717) is 36.2 Å². The van der Waals surface area contributed by atoms with Gasteiger partial charge in [-0.15, -0.1) is 0 Å². The van der Waals surface area contributed by atoms with Crippen LogP contribution in [0, 0.1) is 36.5 Å². The van der Waals surface area contributed by atoms with E-state index >= 15 is 0 Å². The molecule has 0 amide bonds. The molecule has 1 saturated heterocycles. The van der Waals surface area contributed by atoms with Crippen LogP contribution in [-0.2, 0) is 25.5 Å². The predicted octanol–water partition coefficient (Wildman–Crippen LogP) is 7.69. The van der Waals surface area contributed by atoms with Crippen molar-refractivity contribution in [3.63, 3.8) is 0 Å². The molecule has 3 aromatic rings. The van der Waals surface area contributed by atoms with Gasteiger partial charge in [-0.1, -0.05) is 63.3 Å². The van der Waals surface area contributed by atoms with Crippen LogP contribution in [0.3, 0.4) is 0 Å². The number of aromatic nitrogens is 1. The van der Waals surface area contributed by atoms with Crippen LogP contribution < -0.4 is 0 Å². The maximum atomic E-state index is 12.5. The first-order chi connectivity index (χ1) is 19.6. The van der Waals surface area contributed by atoms with Crippen LogP contribution in [0.5, 0.6) is 0 Å². The number of carbonyl (C=O) groups excluding carboxylic acids is 2. The van der Waals surface area contributed by atoms with Crippen LogP contribution in [0.2, 0.25) is 0 Å². The molecule has 2 heterocycles. The number of H-pyrrole nitrogens is 1. The molecule has 1 atom stereocenters. The third-order valence-corrected chi connectivity index (χ3v) is 7.40. The molecule has 1 aliphatic rings. The van der Waals surface area contributed by atoms with Crippen LogP contribution >= 0.6 is 0 Å². The van der Waals surface area contributed by atoms with Crippen molar-refractivity contribution in [1.82, 2.24) is 4.98 Å². The van der Waals surface area contributed by atoms with Crippen molar-refractivity contribution in [2.45, 2.75) is 79.2 Å². The van der Waals surface area contributed by atoms with E-state index in [1.165, 1.54) is 5.56 Å². The summed E-state index contributed by atoms with van der Waals surface area (Å²) in [5, 5.41) is 1.06. The third-order valence-electron chi connectivity index (χ3n) is 7.40. The van der Waals surface area contributed by atoms with Gasteiger partial charge in [0.15, 0.2) is 0 Å². The number of hydrogen-bond acceptors (Lipinski definition) is 4. The fourth-order valence-electron chi connectivity index (χ4n) is 5.47. The summed E-state index contributed by atoms with van der Waals surface area (Å²) in [5.41, 5.74) is 5.83. The molecule has 1 aromatic heterocycles. The van der Waals surface area contributed by atoms with Crippen LogP contribution in [0.4, 0.5) is 0 Å². The Hall–Kier alpha value is -3.78. The van der Waals surface area contributed by atoms with Crippen molar-refractivity contribution >= 4 is 22.8 Å². The molecule has 0 spiro atoms. The molecule has 5 nitrogen and oxygen atoms in total. The van der Waals surface area contributed by atoms with Crippen LogP contribution in [0.1, 0.15) is 82.2 Å². The molecule has 1 unspecified atom stereocenters. The lowest BCUT2D eigenvalue weighted by molar-refractivity contribution is -0.152. The van der Waals surface area contributed by atoms with Gasteiger partial charge in [-0.05, 0) is 86.8 Å². The maximum absolute atomic E-state index is 12.5. The summed E-state index contributed by atoms with van der Waals surface area (Å²) in [6.07, 6.45) is 6.13. The fraction of sp³-hybridized carbons (Fsp3) is 0.444. The zero-order valence-corrected chi connectivity index (χ0v) is 25.1. The van der Waals surface area contributed by atoms with Gasteiger partial charge in [0.25, 0.3) is 0 Å². The summed E-state index contributed by atoms with van der Waals surface area (Å²) >= 11 is 0. The van der Waals surface area contributed by atoms with Crippen molar-refractivity contribution < 1.29 is 19.1 Å². The minimum absolute atomic E-state index is 0.0963. The molecular formula is C36H43NO4. The van der Waals surface area contributed by atoms with Gasteiger partial charge >= 0.3 is 11.9 Å². The van der Waals surface area contributed by atoms with E-state index in [-0.39, 0.29) is 25.0 Å². The number of ether oxygens (including phenoxy) is 2. The minimum atomic E-state index is -0.404. The van der Waals surface area contributed by atoms with E-state index in [4.69, 9.17) is 9.47 Å². The first-order valence-corrected chi connectivity index (χ1v) is 14.9. The van der Waals surface area contributed by atoms with Gasteiger partial charge in [-0.3, -0.25) is 4.79 Å². The normalized spacial score (nSPS) is 16.0. The highest BCUT2D eigenvalue weighted by molar-refractivity contribution is 5.90. The molecule has 2 aromatic carbocycles. The summed E-state index contributed by atoms with van der Waals surface area (Å²) in [6.45, 7) is 11.1. The lowest BCUT2D eigenvalue weighted by Gasteiger charge is -2.19. The number of nitrogens with one attached hydrogen (secondary N) is 1. The highest BCUT2D eigenvalue weighted by atomic mass is 16.6. The van der Waals surface area contributed by atoms with E-state index < -0.39 is 6.10 Å². The highest BCUT2D eigenvalue weighted by Crippen LogP contribution is 2.27. The van der Waals surface area contributed by atoms with E-state index in [0.717, 1.165) is 47.0 Å². The number of rotatable bonds is 11. The number of fused-ring (bicyclic) bond motifs is 1.